The van der Waals surface area contributed by atoms with Gasteiger partial charge in [0.1, 0.15) is 12.0 Å². The zero-order chi connectivity index (χ0) is 15.4. The predicted octanol–water partition coefficient (Wildman–Crippen LogP) is 1.42. The molecule has 0 atom stereocenters. The van der Waals surface area contributed by atoms with Crippen molar-refractivity contribution in [1.29, 1.82) is 0 Å². The summed E-state index contributed by atoms with van der Waals surface area (Å²) in [4.78, 5) is 13.2. The fraction of sp³-hybridized carbons (Fsp3) is 0.375. The van der Waals surface area contributed by atoms with E-state index in [4.69, 9.17) is 5.73 Å². The highest BCUT2D eigenvalue weighted by molar-refractivity contribution is 5.74. The van der Waals surface area contributed by atoms with E-state index in [2.05, 4.69) is 55.4 Å². The van der Waals surface area contributed by atoms with E-state index in [1.807, 2.05) is 7.05 Å². The number of hydrogen-bond acceptors (Lipinski definition) is 6. The van der Waals surface area contributed by atoms with Crippen molar-refractivity contribution < 1.29 is 0 Å². The van der Waals surface area contributed by atoms with Crippen LogP contribution in [0.1, 0.15) is 5.56 Å². The average Bonchev–Trinajstić information content (AvgIpc) is 2.57. The largest absolute Gasteiger partial charge is 0.393 e. The molecule has 1 aromatic carbocycles. The van der Waals surface area contributed by atoms with Crippen LogP contribution in [0.3, 0.4) is 0 Å². The number of nitrogen functional groups attached to an aromatic ring is 1. The Hall–Kier alpha value is -2.34. The van der Waals surface area contributed by atoms with Crippen LogP contribution in [0, 0.1) is 0 Å². The van der Waals surface area contributed by atoms with Gasteiger partial charge in [0.2, 0.25) is 0 Å². The fourth-order valence-corrected chi connectivity index (χ4v) is 2.80. The molecule has 1 aliphatic rings. The van der Waals surface area contributed by atoms with E-state index in [9.17, 15) is 0 Å². The highest BCUT2D eigenvalue weighted by Crippen LogP contribution is 2.26. The molecule has 3 N–H and O–H groups in total. The fourth-order valence-electron chi connectivity index (χ4n) is 2.80. The van der Waals surface area contributed by atoms with Crippen LogP contribution >= 0.6 is 0 Å². The van der Waals surface area contributed by atoms with Crippen molar-refractivity contribution in [2.24, 2.45) is 0 Å². The first kappa shape index (κ1) is 14.6. The first-order valence-electron chi connectivity index (χ1n) is 7.57. The minimum absolute atomic E-state index is 0.626. The average molecular weight is 298 g/mol. The van der Waals surface area contributed by atoms with Gasteiger partial charge in [-0.25, -0.2) is 9.97 Å². The number of nitrogens with zero attached hydrogens (tertiary/aromatic N) is 4. The molecule has 1 fully saturated rings. The van der Waals surface area contributed by atoms with Gasteiger partial charge in [0, 0.05) is 39.8 Å². The standard InChI is InChI=1S/C16H22N6/c1-18-15-14(17)16(20-12-19-15)22-9-7-21(8-10-22)11-13-5-3-2-4-6-13/h2-6,12H,7-11,17H2,1H3,(H,18,19,20). The van der Waals surface area contributed by atoms with Crippen LogP contribution in [0.4, 0.5) is 17.3 Å². The monoisotopic (exact) mass is 298 g/mol. The smallest absolute Gasteiger partial charge is 0.157 e. The Balaban J connectivity index is 1.62. The Bertz CT molecular complexity index is 607. The highest BCUT2D eigenvalue weighted by atomic mass is 15.3. The molecule has 1 aliphatic heterocycles. The minimum Gasteiger partial charge on any atom is -0.393 e. The lowest BCUT2D eigenvalue weighted by Gasteiger charge is -2.35. The second kappa shape index (κ2) is 6.62. The summed E-state index contributed by atoms with van der Waals surface area (Å²) in [5.74, 6) is 1.52. The maximum Gasteiger partial charge on any atom is 0.157 e. The molecular weight excluding hydrogens is 276 g/mol. The maximum atomic E-state index is 6.14. The summed E-state index contributed by atoms with van der Waals surface area (Å²) in [6.07, 6.45) is 1.56. The Morgan fingerprint density at radius 1 is 1.09 bits per heavy atom. The number of nitrogens with one attached hydrogen (secondary N) is 1. The molecule has 1 saturated heterocycles. The van der Waals surface area contributed by atoms with Crippen LogP contribution in [-0.2, 0) is 6.54 Å². The van der Waals surface area contributed by atoms with E-state index in [1.54, 1.807) is 6.33 Å². The summed E-state index contributed by atoms with van der Waals surface area (Å²) in [6.45, 7) is 4.87. The predicted molar refractivity (Wildman–Crippen MR) is 89.9 cm³/mol. The molecule has 6 heteroatoms. The first-order valence-corrected chi connectivity index (χ1v) is 7.57. The van der Waals surface area contributed by atoms with Crippen molar-refractivity contribution in [3.8, 4) is 0 Å². The van der Waals surface area contributed by atoms with Crippen molar-refractivity contribution in [3.63, 3.8) is 0 Å². The van der Waals surface area contributed by atoms with Crippen molar-refractivity contribution >= 4 is 17.3 Å². The maximum absolute atomic E-state index is 6.14. The molecule has 0 unspecified atom stereocenters. The van der Waals surface area contributed by atoms with Crippen LogP contribution in [-0.4, -0.2) is 48.1 Å². The highest BCUT2D eigenvalue weighted by Gasteiger charge is 2.21. The molecule has 0 amide bonds. The van der Waals surface area contributed by atoms with E-state index in [0.29, 0.717) is 11.5 Å². The second-order valence-corrected chi connectivity index (χ2v) is 5.46. The van der Waals surface area contributed by atoms with E-state index >= 15 is 0 Å². The number of benzene rings is 1. The molecule has 116 valence electrons. The number of hydrogen-bond donors (Lipinski definition) is 2. The van der Waals surface area contributed by atoms with Crippen molar-refractivity contribution in [2.75, 3.05) is 49.2 Å². The number of rotatable bonds is 4. The zero-order valence-electron chi connectivity index (χ0n) is 12.9. The van der Waals surface area contributed by atoms with Gasteiger partial charge in [-0.3, -0.25) is 4.90 Å². The molecule has 2 aromatic rings. The van der Waals surface area contributed by atoms with Crippen molar-refractivity contribution in [3.05, 3.63) is 42.2 Å². The van der Waals surface area contributed by atoms with Gasteiger partial charge in [-0.2, -0.15) is 0 Å². The van der Waals surface area contributed by atoms with Crippen LogP contribution < -0.4 is 16.0 Å². The van der Waals surface area contributed by atoms with Gasteiger partial charge >= 0.3 is 0 Å². The third-order valence-electron chi connectivity index (χ3n) is 4.02. The normalized spacial score (nSPS) is 15.8. The van der Waals surface area contributed by atoms with Gasteiger partial charge in [-0.05, 0) is 5.56 Å². The van der Waals surface area contributed by atoms with Crippen molar-refractivity contribution in [1.82, 2.24) is 14.9 Å². The van der Waals surface area contributed by atoms with Crippen LogP contribution in [0.2, 0.25) is 0 Å². The quantitative estimate of drug-likeness (QED) is 0.890. The molecule has 2 heterocycles. The topological polar surface area (TPSA) is 70.3 Å². The molecule has 0 spiro atoms. The number of anilines is 3. The molecule has 0 radical (unpaired) electrons. The molecule has 0 bridgehead atoms. The number of nitrogens with two attached hydrogens (primary N) is 1. The van der Waals surface area contributed by atoms with Gasteiger partial charge < -0.3 is 16.0 Å². The summed E-state index contributed by atoms with van der Waals surface area (Å²) in [7, 11) is 1.82. The molecular formula is C16H22N6. The third-order valence-corrected chi connectivity index (χ3v) is 4.02. The third kappa shape index (κ3) is 3.12. The SMILES string of the molecule is CNc1ncnc(N2CCN(Cc3ccccc3)CC2)c1N. The molecule has 1 aromatic heterocycles. The number of piperazine rings is 1. The summed E-state index contributed by atoms with van der Waals surface area (Å²) in [6, 6.07) is 10.6. The summed E-state index contributed by atoms with van der Waals surface area (Å²) in [5.41, 5.74) is 8.12. The van der Waals surface area contributed by atoms with E-state index in [-0.39, 0.29) is 0 Å². The summed E-state index contributed by atoms with van der Waals surface area (Å²) in [5, 5.41) is 3.00. The van der Waals surface area contributed by atoms with Gasteiger partial charge in [0.25, 0.3) is 0 Å². The van der Waals surface area contributed by atoms with E-state index in [1.165, 1.54) is 5.56 Å². The Morgan fingerprint density at radius 2 is 1.82 bits per heavy atom. The van der Waals surface area contributed by atoms with Gasteiger partial charge in [0.15, 0.2) is 11.6 Å². The Morgan fingerprint density at radius 3 is 2.50 bits per heavy atom. The van der Waals surface area contributed by atoms with Gasteiger partial charge in [-0.15, -0.1) is 0 Å². The molecule has 3 rings (SSSR count). The summed E-state index contributed by atoms with van der Waals surface area (Å²) >= 11 is 0. The van der Waals surface area contributed by atoms with Crippen LogP contribution in [0.25, 0.3) is 0 Å². The molecule has 6 nitrogen and oxygen atoms in total. The molecule has 22 heavy (non-hydrogen) atoms. The lowest BCUT2D eigenvalue weighted by molar-refractivity contribution is 0.249. The Kier molecular flexibility index (Phi) is 4.39. The lowest BCUT2D eigenvalue weighted by Crippen LogP contribution is -2.46. The van der Waals surface area contributed by atoms with Crippen LogP contribution in [0.15, 0.2) is 36.7 Å². The van der Waals surface area contributed by atoms with Crippen LogP contribution in [0.5, 0.6) is 0 Å². The number of aromatic nitrogens is 2. The minimum atomic E-state index is 0.626. The van der Waals surface area contributed by atoms with Crippen molar-refractivity contribution in [2.45, 2.75) is 6.54 Å². The van der Waals surface area contributed by atoms with E-state index < -0.39 is 0 Å². The summed E-state index contributed by atoms with van der Waals surface area (Å²) < 4.78 is 0. The second-order valence-electron chi connectivity index (χ2n) is 5.46. The lowest BCUT2D eigenvalue weighted by atomic mass is 10.2. The van der Waals surface area contributed by atoms with Gasteiger partial charge in [-0.1, -0.05) is 30.3 Å². The first-order chi connectivity index (χ1) is 10.8. The Labute approximate surface area is 131 Å². The van der Waals surface area contributed by atoms with Gasteiger partial charge in [0.05, 0.1) is 0 Å². The molecule has 0 saturated carbocycles. The zero-order valence-corrected chi connectivity index (χ0v) is 12.9. The molecule has 0 aliphatic carbocycles. The van der Waals surface area contributed by atoms with E-state index in [0.717, 1.165) is 38.5 Å².